The Labute approximate surface area is 76.1 Å². The molecule has 0 aliphatic heterocycles. The highest BCUT2D eigenvalue weighted by Gasteiger charge is 2.72. The van der Waals surface area contributed by atoms with Crippen LogP contribution in [0.15, 0.2) is 0 Å². The van der Waals surface area contributed by atoms with Crippen molar-refractivity contribution in [2.75, 3.05) is 0 Å². The summed E-state index contributed by atoms with van der Waals surface area (Å²) in [6.07, 6.45) is -5.10. The van der Waals surface area contributed by atoms with Crippen LogP contribution in [-0.4, -0.2) is 23.9 Å². The third-order valence-electron chi connectivity index (χ3n) is 1.69. The molecule has 85 valence electrons. The Morgan fingerprint density at radius 1 is 1.07 bits per heavy atom. The van der Waals surface area contributed by atoms with Crippen molar-refractivity contribution in [3.63, 3.8) is 0 Å². The molecule has 14 heavy (non-hydrogen) atoms. The van der Waals surface area contributed by atoms with Gasteiger partial charge in [-0.3, -0.25) is 0 Å². The summed E-state index contributed by atoms with van der Waals surface area (Å²) in [5, 5.41) is 0. The van der Waals surface area contributed by atoms with Crippen LogP contribution in [-0.2, 0) is 0 Å². The van der Waals surface area contributed by atoms with Crippen LogP contribution in [0.5, 0.6) is 0 Å². The topological polar surface area (TPSA) is 0 Å². The van der Waals surface area contributed by atoms with Gasteiger partial charge in [-0.05, 0) is 13.8 Å². The van der Waals surface area contributed by atoms with Crippen molar-refractivity contribution in [3.8, 4) is 0 Å². The molecule has 0 aromatic heterocycles. The molecular weight excluding hydrogens is 217 g/mol. The number of hydrogen-bond donors (Lipinski definition) is 0. The molecule has 0 nitrogen and oxygen atoms in total. The first-order chi connectivity index (χ1) is 6.00. The highest BCUT2D eigenvalue weighted by Crippen LogP contribution is 2.49. The highest BCUT2D eigenvalue weighted by molar-refractivity contribution is 4.99. The smallest absolute Gasteiger partial charge is 0.241 e. The third-order valence-corrected chi connectivity index (χ3v) is 1.69. The molecule has 0 N–H and O–H groups in total. The Kier molecular flexibility index (Phi) is 3.46. The van der Waals surface area contributed by atoms with Crippen molar-refractivity contribution in [2.45, 2.75) is 37.3 Å². The van der Waals surface area contributed by atoms with Crippen LogP contribution in [0.25, 0.3) is 0 Å². The molecule has 0 saturated heterocycles. The van der Waals surface area contributed by atoms with Gasteiger partial charge in [-0.15, -0.1) is 0 Å². The van der Waals surface area contributed by atoms with Crippen LogP contribution in [0.3, 0.4) is 0 Å². The number of hydrogen-bond acceptors (Lipinski definition) is 0. The molecule has 0 fully saturated rings. The average molecular weight is 225 g/mol. The van der Waals surface area contributed by atoms with Gasteiger partial charge in [0, 0.05) is 6.42 Å². The first-order valence-electron chi connectivity index (χ1n) is 3.57. The van der Waals surface area contributed by atoms with Gasteiger partial charge in [0.15, 0.2) is 6.17 Å². The summed E-state index contributed by atoms with van der Waals surface area (Å²) < 4.78 is 86.4. The molecule has 0 heterocycles. The maximum atomic E-state index is 12.5. The Morgan fingerprint density at radius 3 is 1.64 bits per heavy atom. The third kappa shape index (κ3) is 1.81. The predicted molar refractivity (Wildman–Crippen MR) is 35.4 cm³/mol. The lowest BCUT2D eigenvalue weighted by atomic mass is 9.99. The summed E-state index contributed by atoms with van der Waals surface area (Å²) in [5.74, 6) is -16.2. The van der Waals surface area contributed by atoms with Crippen molar-refractivity contribution >= 4 is 0 Å². The molecule has 0 aromatic carbocycles. The Hall–Kier alpha value is -0.490. The molecule has 0 rings (SSSR count). The molecule has 7 heteroatoms. The number of halogens is 7. The zero-order chi connectivity index (χ0) is 11.8. The van der Waals surface area contributed by atoms with E-state index in [1.54, 1.807) is 0 Å². The minimum atomic E-state index is -5.74. The van der Waals surface area contributed by atoms with Crippen molar-refractivity contribution in [2.24, 2.45) is 0 Å². The lowest BCUT2D eigenvalue weighted by molar-refractivity contribution is -0.322. The van der Waals surface area contributed by atoms with Gasteiger partial charge < -0.3 is 0 Å². The van der Waals surface area contributed by atoms with Gasteiger partial charge in [-0.25, -0.2) is 4.39 Å². The fourth-order valence-electron chi connectivity index (χ4n) is 0.651. The van der Waals surface area contributed by atoms with E-state index in [1.807, 2.05) is 0 Å². The summed E-state index contributed by atoms with van der Waals surface area (Å²) in [6.45, 7) is 2.50. The lowest BCUT2D eigenvalue weighted by Gasteiger charge is -2.32. The lowest BCUT2D eigenvalue weighted by Crippen LogP contribution is -2.57. The van der Waals surface area contributed by atoms with Gasteiger partial charge in [0.25, 0.3) is 0 Å². The Morgan fingerprint density at radius 2 is 1.43 bits per heavy atom. The van der Waals surface area contributed by atoms with Gasteiger partial charge in [-0.2, -0.15) is 26.3 Å². The van der Waals surface area contributed by atoms with Crippen LogP contribution < -0.4 is 0 Å². The first kappa shape index (κ1) is 13.5. The van der Waals surface area contributed by atoms with E-state index in [4.69, 9.17) is 0 Å². The molecule has 0 aromatic rings. The molecule has 0 aliphatic rings. The van der Waals surface area contributed by atoms with Gasteiger partial charge in [-0.1, -0.05) is 0 Å². The average Bonchev–Trinajstić information content (AvgIpc) is 2.03. The largest absolute Gasteiger partial charge is 0.374 e. The standard InChI is InChI=1S/C7H8F7/c1-3-5(9,10)7(13,14)6(11,12)4(2)8/h4H,1,3H2,2H3/t4-/m0/s1. The highest BCUT2D eigenvalue weighted by atomic mass is 19.3. The van der Waals surface area contributed by atoms with E-state index in [9.17, 15) is 30.7 Å². The zero-order valence-electron chi connectivity index (χ0n) is 7.14. The molecule has 0 saturated carbocycles. The zero-order valence-corrected chi connectivity index (χ0v) is 7.14. The Bertz CT molecular complexity index is 196. The second kappa shape index (κ2) is 3.58. The van der Waals surface area contributed by atoms with E-state index in [0.29, 0.717) is 0 Å². The predicted octanol–water partition coefficient (Wildman–Crippen LogP) is 3.47. The van der Waals surface area contributed by atoms with Crippen molar-refractivity contribution in [1.82, 2.24) is 0 Å². The van der Waals surface area contributed by atoms with Crippen molar-refractivity contribution in [1.29, 1.82) is 0 Å². The summed E-state index contributed by atoms with van der Waals surface area (Å²) in [6, 6.07) is 0. The van der Waals surface area contributed by atoms with Gasteiger partial charge >= 0.3 is 17.8 Å². The van der Waals surface area contributed by atoms with Crippen molar-refractivity contribution in [3.05, 3.63) is 6.92 Å². The second-order valence-electron chi connectivity index (χ2n) is 2.77. The van der Waals surface area contributed by atoms with Crippen LogP contribution in [0, 0.1) is 6.92 Å². The normalized spacial score (nSPS) is 16.9. The van der Waals surface area contributed by atoms with Crippen LogP contribution in [0.4, 0.5) is 30.7 Å². The van der Waals surface area contributed by atoms with Crippen LogP contribution >= 0.6 is 0 Å². The maximum absolute atomic E-state index is 12.5. The fraction of sp³-hybridized carbons (Fsp3) is 0.857. The first-order valence-corrected chi connectivity index (χ1v) is 3.57. The number of rotatable bonds is 4. The summed E-state index contributed by atoms with van der Waals surface area (Å²) in [7, 11) is 0. The maximum Gasteiger partial charge on any atom is 0.374 e. The summed E-state index contributed by atoms with van der Waals surface area (Å²) in [5.41, 5.74) is 0. The molecular formula is C7H8F7. The van der Waals surface area contributed by atoms with Gasteiger partial charge in [0.1, 0.15) is 0 Å². The van der Waals surface area contributed by atoms with Crippen LogP contribution in [0.1, 0.15) is 13.3 Å². The second-order valence-corrected chi connectivity index (χ2v) is 2.77. The Balaban J connectivity index is 5.14. The van der Waals surface area contributed by atoms with Gasteiger partial charge in [0.2, 0.25) is 0 Å². The minimum Gasteiger partial charge on any atom is -0.241 e. The summed E-state index contributed by atoms with van der Waals surface area (Å²) in [4.78, 5) is 0. The van der Waals surface area contributed by atoms with E-state index in [-0.39, 0.29) is 6.92 Å². The van der Waals surface area contributed by atoms with E-state index < -0.39 is 30.4 Å². The SMILES string of the molecule is [CH2]CC(F)(F)C(F)(F)C(F)(F)[C@H](C)F. The fourth-order valence-corrected chi connectivity index (χ4v) is 0.651. The molecule has 0 amide bonds. The van der Waals surface area contributed by atoms with E-state index >= 15 is 0 Å². The monoisotopic (exact) mass is 225 g/mol. The molecule has 0 aliphatic carbocycles. The van der Waals surface area contributed by atoms with Crippen molar-refractivity contribution < 1.29 is 30.7 Å². The molecule has 0 unspecified atom stereocenters. The molecule has 1 atom stereocenters. The van der Waals surface area contributed by atoms with E-state index in [1.165, 1.54) is 0 Å². The van der Waals surface area contributed by atoms with E-state index in [2.05, 4.69) is 6.92 Å². The van der Waals surface area contributed by atoms with E-state index in [0.717, 1.165) is 0 Å². The van der Waals surface area contributed by atoms with Crippen LogP contribution in [0.2, 0.25) is 0 Å². The molecule has 1 radical (unpaired) electrons. The van der Waals surface area contributed by atoms with Gasteiger partial charge in [0.05, 0.1) is 0 Å². The quantitative estimate of drug-likeness (QED) is 0.642. The number of alkyl halides is 7. The molecule has 0 bridgehead atoms. The minimum absolute atomic E-state index is 0.0904. The molecule has 0 spiro atoms. The summed E-state index contributed by atoms with van der Waals surface area (Å²) >= 11 is 0.